The van der Waals surface area contributed by atoms with E-state index in [2.05, 4.69) is 10.6 Å². The number of hydrogen-bond acceptors (Lipinski definition) is 7. The highest BCUT2D eigenvalue weighted by Gasteiger charge is 2.42. The molecule has 9 nitrogen and oxygen atoms in total. The lowest BCUT2D eigenvalue weighted by molar-refractivity contribution is -0.133. The quantitative estimate of drug-likeness (QED) is 0.210. The van der Waals surface area contributed by atoms with Crippen LogP contribution < -0.4 is 10.6 Å². The zero-order valence-corrected chi connectivity index (χ0v) is 17.1. The molecule has 2 aliphatic rings. The molecule has 0 aromatic rings. The zero-order valence-electron chi connectivity index (χ0n) is 16.3. The summed E-state index contributed by atoms with van der Waals surface area (Å²) in [6.07, 6.45) is 3.20. The molecule has 0 radical (unpaired) electrons. The maximum atomic E-state index is 12.5. The molecule has 2 heterocycles. The first kappa shape index (κ1) is 23.2. The molecule has 0 aromatic carbocycles. The molecule has 2 fully saturated rings. The van der Waals surface area contributed by atoms with E-state index in [1.807, 2.05) is 11.8 Å². The van der Waals surface area contributed by atoms with Gasteiger partial charge in [-0.15, -0.1) is 0 Å². The first-order valence-electron chi connectivity index (χ1n) is 9.99. The summed E-state index contributed by atoms with van der Waals surface area (Å²) in [5.74, 6) is 1.01. The minimum Gasteiger partial charge on any atom is -0.394 e. The number of aliphatic hydroxyl groups excluding tert-OH is 2. The number of fused-ring (bicyclic) bond motifs is 1. The van der Waals surface area contributed by atoms with Gasteiger partial charge < -0.3 is 35.2 Å². The Balaban J connectivity index is 1.65. The van der Waals surface area contributed by atoms with Crippen molar-refractivity contribution in [2.24, 2.45) is 0 Å². The summed E-state index contributed by atoms with van der Waals surface area (Å²) in [5, 5.41) is 23.9. The van der Waals surface area contributed by atoms with Crippen LogP contribution in [0, 0.1) is 0 Å². The van der Waals surface area contributed by atoms with Crippen LogP contribution in [0.4, 0.5) is 4.79 Å². The van der Waals surface area contributed by atoms with Crippen LogP contribution in [-0.2, 0) is 14.3 Å². The van der Waals surface area contributed by atoms with Crippen molar-refractivity contribution in [3.63, 3.8) is 0 Å². The summed E-state index contributed by atoms with van der Waals surface area (Å²) in [4.78, 5) is 25.7. The third-order valence-electron chi connectivity index (χ3n) is 4.90. The number of thioether (sulfide) groups is 1. The second-order valence-electron chi connectivity index (χ2n) is 6.92. The summed E-state index contributed by atoms with van der Waals surface area (Å²) in [7, 11) is 0. The fourth-order valence-electron chi connectivity index (χ4n) is 3.47. The molecule has 0 saturated carbocycles. The van der Waals surface area contributed by atoms with E-state index in [0.717, 1.165) is 25.0 Å². The van der Waals surface area contributed by atoms with Crippen LogP contribution in [0.25, 0.3) is 0 Å². The molecule has 3 atom stereocenters. The summed E-state index contributed by atoms with van der Waals surface area (Å²) >= 11 is 1.89. The van der Waals surface area contributed by atoms with Crippen molar-refractivity contribution in [3.05, 3.63) is 0 Å². The van der Waals surface area contributed by atoms with E-state index in [9.17, 15) is 9.59 Å². The molecule has 4 N–H and O–H groups in total. The van der Waals surface area contributed by atoms with E-state index in [1.54, 1.807) is 4.90 Å². The number of urea groups is 1. The van der Waals surface area contributed by atoms with E-state index in [0.29, 0.717) is 38.0 Å². The minimum atomic E-state index is -0.0713. The summed E-state index contributed by atoms with van der Waals surface area (Å²) in [6, 6.07) is 0.368. The molecule has 2 rings (SSSR count). The van der Waals surface area contributed by atoms with E-state index < -0.39 is 0 Å². The maximum absolute atomic E-state index is 12.5. The molecule has 28 heavy (non-hydrogen) atoms. The number of aliphatic hydroxyl groups is 2. The third-order valence-corrected chi connectivity index (χ3v) is 6.41. The van der Waals surface area contributed by atoms with E-state index >= 15 is 0 Å². The van der Waals surface area contributed by atoms with Crippen LogP contribution in [0.3, 0.4) is 0 Å². The van der Waals surface area contributed by atoms with Gasteiger partial charge in [0.25, 0.3) is 0 Å². The van der Waals surface area contributed by atoms with Crippen molar-refractivity contribution < 1.29 is 29.3 Å². The average Bonchev–Trinajstić information content (AvgIpc) is 3.23. The lowest BCUT2D eigenvalue weighted by Gasteiger charge is -2.23. The predicted octanol–water partition coefficient (Wildman–Crippen LogP) is -0.441. The normalized spacial score (nSPS) is 23.4. The van der Waals surface area contributed by atoms with Gasteiger partial charge in [-0.3, -0.25) is 4.79 Å². The molecule has 10 heteroatoms. The van der Waals surface area contributed by atoms with Gasteiger partial charge in [-0.25, -0.2) is 4.79 Å². The third kappa shape index (κ3) is 7.75. The van der Waals surface area contributed by atoms with Gasteiger partial charge in [0.1, 0.15) is 0 Å². The molecule has 0 unspecified atom stereocenters. The Morgan fingerprint density at radius 3 is 2.39 bits per heavy atom. The average molecular weight is 420 g/mol. The molecule has 0 bridgehead atoms. The van der Waals surface area contributed by atoms with E-state index in [4.69, 9.17) is 19.7 Å². The minimum absolute atomic E-state index is 0.0371. The van der Waals surface area contributed by atoms with Gasteiger partial charge in [-0.1, -0.05) is 6.42 Å². The number of ether oxygens (including phenoxy) is 2. The topological polar surface area (TPSA) is 120 Å². The van der Waals surface area contributed by atoms with Crippen molar-refractivity contribution in [2.45, 2.75) is 43.0 Å². The van der Waals surface area contributed by atoms with Gasteiger partial charge in [0.2, 0.25) is 5.91 Å². The number of nitrogens with one attached hydrogen (secondary N) is 2. The van der Waals surface area contributed by atoms with Gasteiger partial charge in [-0.05, 0) is 12.8 Å². The molecular weight excluding hydrogens is 386 g/mol. The fraction of sp³-hybridized carbons (Fsp3) is 0.889. The number of carbonyl (C=O) groups is 2. The molecule has 2 saturated heterocycles. The number of amides is 3. The fourth-order valence-corrected chi connectivity index (χ4v) is 5.01. The summed E-state index contributed by atoms with van der Waals surface area (Å²) in [5.41, 5.74) is 0. The Morgan fingerprint density at radius 1 is 1.07 bits per heavy atom. The Morgan fingerprint density at radius 2 is 1.75 bits per heavy atom. The van der Waals surface area contributed by atoms with Crippen LogP contribution in [0.1, 0.15) is 25.7 Å². The SMILES string of the molecule is O=C1N[C@@H]2[C@@H](CS[C@@H]2CCCCC(=O)N(CCOCCO)CCOCCO)N1. The molecule has 0 spiro atoms. The number of nitrogens with zero attached hydrogens (tertiary/aromatic N) is 1. The Kier molecular flexibility index (Phi) is 10.9. The largest absolute Gasteiger partial charge is 0.394 e. The zero-order chi connectivity index (χ0) is 20.2. The molecule has 0 aliphatic carbocycles. The molecule has 162 valence electrons. The number of hydrogen-bond donors (Lipinski definition) is 4. The number of rotatable bonds is 15. The number of unbranched alkanes of at least 4 members (excludes halogenated alkanes) is 1. The maximum Gasteiger partial charge on any atom is 0.315 e. The second-order valence-corrected chi connectivity index (χ2v) is 8.19. The van der Waals surface area contributed by atoms with Gasteiger partial charge in [0.15, 0.2) is 0 Å². The lowest BCUT2D eigenvalue weighted by Crippen LogP contribution is -2.37. The molecule has 3 amide bonds. The van der Waals surface area contributed by atoms with E-state index in [-0.39, 0.29) is 50.4 Å². The van der Waals surface area contributed by atoms with Crippen LogP contribution in [0.15, 0.2) is 0 Å². The lowest BCUT2D eigenvalue weighted by atomic mass is 10.0. The highest BCUT2D eigenvalue weighted by Crippen LogP contribution is 2.33. The Bertz CT molecular complexity index is 472. The standard InChI is InChI=1S/C18H33N3O6S/c22-7-11-26-9-5-21(6-10-27-12-8-23)16(24)4-2-1-3-15-17-14(13-28-15)19-18(25)20-17/h14-15,17,22-23H,1-13H2,(H2,19,20,25)/t14-,15-,17-/m1/s1. The molecule has 2 aliphatic heterocycles. The van der Waals surface area contributed by atoms with Crippen molar-refractivity contribution in [1.82, 2.24) is 15.5 Å². The monoisotopic (exact) mass is 419 g/mol. The summed E-state index contributed by atoms with van der Waals surface area (Å²) in [6.45, 7) is 2.12. The Labute approximate surface area is 170 Å². The first-order chi connectivity index (χ1) is 13.7. The highest BCUT2D eigenvalue weighted by atomic mass is 32.2. The first-order valence-corrected chi connectivity index (χ1v) is 11.0. The van der Waals surface area contributed by atoms with Crippen LogP contribution >= 0.6 is 11.8 Å². The second kappa shape index (κ2) is 13.2. The van der Waals surface area contributed by atoms with Crippen LogP contribution in [0.5, 0.6) is 0 Å². The van der Waals surface area contributed by atoms with Crippen molar-refractivity contribution in [1.29, 1.82) is 0 Å². The molecular formula is C18H33N3O6S. The van der Waals surface area contributed by atoms with Crippen LogP contribution in [-0.4, -0.2) is 103 Å². The summed E-state index contributed by atoms with van der Waals surface area (Å²) < 4.78 is 10.5. The van der Waals surface area contributed by atoms with Gasteiger partial charge in [0, 0.05) is 30.5 Å². The van der Waals surface area contributed by atoms with Crippen molar-refractivity contribution >= 4 is 23.7 Å². The molecule has 0 aromatic heterocycles. The smallest absolute Gasteiger partial charge is 0.315 e. The van der Waals surface area contributed by atoms with Crippen molar-refractivity contribution in [2.75, 3.05) is 58.5 Å². The van der Waals surface area contributed by atoms with Gasteiger partial charge >= 0.3 is 6.03 Å². The highest BCUT2D eigenvalue weighted by molar-refractivity contribution is 8.00. The van der Waals surface area contributed by atoms with Crippen LogP contribution in [0.2, 0.25) is 0 Å². The van der Waals surface area contributed by atoms with Gasteiger partial charge in [-0.2, -0.15) is 11.8 Å². The van der Waals surface area contributed by atoms with Crippen molar-refractivity contribution in [3.8, 4) is 0 Å². The predicted molar refractivity (Wildman–Crippen MR) is 106 cm³/mol. The van der Waals surface area contributed by atoms with Gasteiger partial charge in [0.05, 0.1) is 51.7 Å². The Hall–Kier alpha value is -1.07. The van der Waals surface area contributed by atoms with E-state index in [1.165, 1.54) is 0 Å². The number of carbonyl (C=O) groups excluding carboxylic acids is 2.